The van der Waals surface area contributed by atoms with E-state index in [1.54, 1.807) is 0 Å². The Labute approximate surface area is 151 Å². The van der Waals surface area contributed by atoms with Crippen LogP contribution in [0.5, 0.6) is 0 Å². The molecule has 0 amide bonds. The number of fused-ring (bicyclic) bond motifs is 1. The summed E-state index contributed by atoms with van der Waals surface area (Å²) < 4.78 is 5.93. The number of benzene rings is 2. The molecule has 5 heteroatoms. The molecule has 2 N–H and O–H groups in total. The van der Waals surface area contributed by atoms with Crippen molar-refractivity contribution >= 4 is 23.3 Å². The highest BCUT2D eigenvalue weighted by molar-refractivity contribution is 6.30. The Morgan fingerprint density at radius 1 is 1.20 bits per heavy atom. The molecule has 3 aromatic rings. The van der Waals surface area contributed by atoms with Crippen molar-refractivity contribution in [3.05, 3.63) is 64.3 Å². The first-order valence-electron chi connectivity index (χ1n) is 8.39. The quantitative estimate of drug-likeness (QED) is 0.702. The lowest BCUT2D eigenvalue weighted by Crippen LogP contribution is -2.19. The lowest BCUT2D eigenvalue weighted by atomic mass is 9.88. The largest absolute Gasteiger partial charge is 0.423 e. The third kappa shape index (κ3) is 3.28. The van der Waals surface area contributed by atoms with Crippen LogP contribution in [0, 0.1) is 6.92 Å². The van der Waals surface area contributed by atoms with Crippen LogP contribution in [-0.4, -0.2) is 16.2 Å². The molecule has 2 aromatic carbocycles. The second-order valence-electron chi connectivity index (χ2n) is 6.41. The molecule has 1 aliphatic rings. The molecule has 0 saturated carbocycles. The van der Waals surface area contributed by atoms with Gasteiger partial charge in [-0.15, -0.1) is 0 Å². The average molecular weight is 355 g/mol. The van der Waals surface area contributed by atoms with Crippen LogP contribution in [0.25, 0.3) is 11.3 Å². The second kappa shape index (κ2) is 6.54. The molecule has 4 rings (SSSR count). The molecular weight excluding hydrogens is 336 g/mol. The summed E-state index contributed by atoms with van der Waals surface area (Å²) in [4.78, 5) is 4.50. The van der Waals surface area contributed by atoms with Gasteiger partial charge in [-0.2, -0.15) is 4.98 Å². The zero-order valence-corrected chi connectivity index (χ0v) is 14.7. The maximum Gasteiger partial charge on any atom is 0.299 e. The molecule has 0 spiro atoms. The molecular formula is C20H19ClN2O2. The zero-order valence-electron chi connectivity index (χ0n) is 13.9. The number of halogens is 1. The zero-order chi connectivity index (χ0) is 17.4. The lowest BCUT2D eigenvalue weighted by Gasteiger charge is -2.23. The third-order valence-electron chi connectivity index (χ3n) is 4.60. The van der Waals surface area contributed by atoms with Crippen molar-refractivity contribution in [1.82, 2.24) is 4.98 Å². The molecule has 0 fully saturated rings. The van der Waals surface area contributed by atoms with Gasteiger partial charge in [0.25, 0.3) is 6.01 Å². The van der Waals surface area contributed by atoms with Gasteiger partial charge in [-0.3, -0.25) is 0 Å². The number of nitrogens with zero attached hydrogens (tertiary/aromatic N) is 1. The highest BCUT2D eigenvalue weighted by Crippen LogP contribution is 2.32. The van der Waals surface area contributed by atoms with Gasteiger partial charge in [0.2, 0.25) is 0 Å². The Morgan fingerprint density at radius 3 is 2.80 bits per heavy atom. The first kappa shape index (κ1) is 16.2. The van der Waals surface area contributed by atoms with Crippen LogP contribution in [0.3, 0.4) is 0 Å². The third-order valence-corrected chi connectivity index (χ3v) is 4.86. The lowest BCUT2D eigenvalue weighted by molar-refractivity contribution is 0.159. The number of aryl methyl sites for hydroxylation is 2. The van der Waals surface area contributed by atoms with Crippen LogP contribution >= 0.6 is 11.6 Å². The number of oxazole rings is 1. The minimum Gasteiger partial charge on any atom is -0.423 e. The van der Waals surface area contributed by atoms with Gasteiger partial charge in [0.1, 0.15) is 0 Å². The second-order valence-corrected chi connectivity index (χ2v) is 6.84. The number of aromatic nitrogens is 1. The predicted molar refractivity (Wildman–Crippen MR) is 99.4 cm³/mol. The van der Waals surface area contributed by atoms with E-state index in [9.17, 15) is 5.11 Å². The summed E-state index contributed by atoms with van der Waals surface area (Å²) in [7, 11) is 0. The normalized spacial score (nSPS) is 16.5. The number of hydrogen-bond acceptors (Lipinski definition) is 4. The monoisotopic (exact) mass is 354 g/mol. The number of aliphatic hydroxyl groups excluding tert-OH is 1. The molecule has 0 radical (unpaired) electrons. The minimum absolute atomic E-state index is 0.286. The Balaban J connectivity index is 1.64. The number of anilines is 2. The highest BCUT2D eigenvalue weighted by Gasteiger charge is 2.20. The maximum atomic E-state index is 9.99. The molecule has 1 atom stereocenters. The van der Waals surface area contributed by atoms with Crippen molar-refractivity contribution < 1.29 is 9.52 Å². The van der Waals surface area contributed by atoms with Crippen molar-refractivity contribution in [2.45, 2.75) is 32.3 Å². The number of aliphatic hydroxyl groups is 1. The number of nitrogens with one attached hydrogen (secondary N) is 1. The van der Waals surface area contributed by atoms with Crippen molar-refractivity contribution in [2.24, 2.45) is 0 Å². The summed E-state index contributed by atoms with van der Waals surface area (Å²) in [6, 6.07) is 14.1. The first-order valence-corrected chi connectivity index (χ1v) is 8.77. The van der Waals surface area contributed by atoms with Crippen LogP contribution in [0.15, 0.2) is 46.9 Å². The summed E-state index contributed by atoms with van der Waals surface area (Å²) in [6.45, 7) is 1.92. The van der Waals surface area contributed by atoms with E-state index < -0.39 is 0 Å². The van der Waals surface area contributed by atoms with Crippen molar-refractivity contribution in [2.75, 3.05) is 5.32 Å². The summed E-state index contributed by atoms with van der Waals surface area (Å²) in [5.41, 5.74) is 5.12. The van der Waals surface area contributed by atoms with Gasteiger partial charge in [0.15, 0.2) is 5.76 Å². The fraction of sp³-hybridized carbons (Fsp3) is 0.250. The fourth-order valence-electron chi connectivity index (χ4n) is 3.32. The maximum absolute atomic E-state index is 9.99. The standard InChI is InChI=1S/C20H19ClN2O2/c1-12-19(14-5-8-15(21)9-6-14)25-20(22-12)23-18-4-2-3-13-7-10-16(24)11-17(13)18/h2-6,8-9,16,24H,7,10-11H2,1H3,(H,22,23). The van der Waals surface area contributed by atoms with Crippen LogP contribution in [0.4, 0.5) is 11.7 Å². The van der Waals surface area contributed by atoms with E-state index in [2.05, 4.69) is 16.4 Å². The van der Waals surface area contributed by atoms with Crippen molar-refractivity contribution in [3.63, 3.8) is 0 Å². The molecule has 0 bridgehead atoms. The molecule has 1 aromatic heterocycles. The minimum atomic E-state index is -0.286. The molecule has 128 valence electrons. The van der Waals surface area contributed by atoms with Gasteiger partial charge in [0, 0.05) is 22.7 Å². The van der Waals surface area contributed by atoms with E-state index in [0.29, 0.717) is 17.5 Å². The van der Waals surface area contributed by atoms with Crippen LogP contribution in [0.2, 0.25) is 5.02 Å². The van der Waals surface area contributed by atoms with E-state index >= 15 is 0 Å². The van der Waals surface area contributed by atoms with Gasteiger partial charge in [-0.05, 0) is 61.2 Å². The summed E-state index contributed by atoms with van der Waals surface area (Å²) in [6.07, 6.45) is 2.08. The van der Waals surface area contributed by atoms with E-state index in [0.717, 1.165) is 41.1 Å². The Hall–Kier alpha value is -2.30. The molecule has 0 saturated heterocycles. The molecule has 4 nitrogen and oxygen atoms in total. The van der Waals surface area contributed by atoms with Crippen molar-refractivity contribution in [3.8, 4) is 11.3 Å². The first-order chi connectivity index (χ1) is 12.1. The number of rotatable bonds is 3. The fourth-order valence-corrected chi connectivity index (χ4v) is 3.45. The van der Waals surface area contributed by atoms with E-state index in [4.69, 9.17) is 16.0 Å². The van der Waals surface area contributed by atoms with E-state index in [1.807, 2.05) is 43.3 Å². The van der Waals surface area contributed by atoms with Gasteiger partial charge in [-0.25, -0.2) is 0 Å². The Kier molecular flexibility index (Phi) is 4.24. The predicted octanol–water partition coefficient (Wildman–Crippen LogP) is 4.90. The molecule has 0 aliphatic heterocycles. The SMILES string of the molecule is Cc1nc(Nc2cccc3c2CC(O)CC3)oc1-c1ccc(Cl)cc1. The van der Waals surface area contributed by atoms with Gasteiger partial charge >= 0.3 is 0 Å². The van der Waals surface area contributed by atoms with E-state index in [-0.39, 0.29) is 6.10 Å². The molecule has 1 aliphatic carbocycles. The van der Waals surface area contributed by atoms with Crippen LogP contribution in [0.1, 0.15) is 23.2 Å². The van der Waals surface area contributed by atoms with Gasteiger partial charge in [0.05, 0.1) is 11.8 Å². The van der Waals surface area contributed by atoms with Crippen LogP contribution in [-0.2, 0) is 12.8 Å². The highest BCUT2D eigenvalue weighted by atomic mass is 35.5. The smallest absolute Gasteiger partial charge is 0.299 e. The van der Waals surface area contributed by atoms with Gasteiger partial charge < -0.3 is 14.8 Å². The Morgan fingerprint density at radius 2 is 2.00 bits per heavy atom. The van der Waals surface area contributed by atoms with Gasteiger partial charge in [-0.1, -0.05) is 23.7 Å². The summed E-state index contributed by atoms with van der Waals surface area (Å²) in [5, 5.41) is 14.0. The topological polar surface area (TPSA) is 58.3 Å². The molecule has 1 unspecified atom stereocenters. The summed E-state index contributed by atoms with van der Waals surface area (Å²) in [5.74, 6) is 0.726. The molecule has 25 heavy (non-hydrogen) atoms. The Bertz CT molecular complexity index is 903. The van der Waals surface area contributed by atoms with Crippen molar-refractivity contribution in [1.29, 1.82) is 0 Å². The van der Waals surface area contributed by atoms with E-state index in [1.165, 1.54) is 5.56 Å². The van der Waals surface area contributed by atoms with Crippen LogP contribution < -0.4 is 5.32 Å². The average Bonchev–Trinajstić information content (AvgIpc) is 2.96. The molecule has 1 heterocycles. The summed E-state index contributed by atoms with van der Waals surface area (Å²) >= 11 is 5.95. The number of hydrogen-bond donors (Lipinski definition) is 2.